The van der Waals surface area contributed by atoms with Gasteiger partial charge in [0.1, 0.15) is 5.82 Å². The molecule has 0 aromatic heterocycles. The third-order valence-corrected chi connectivity index (χ3v) is 5.30. The summed E-state index contributed by atoms with van der Waals surface area (Å²) in [4.78, 5) is 2.06. The van der Waals surface area contributed by atoms with Crippen molar-refractivity contribution in [2.45, 2.75) is 44.3 Å². The van der Waals surface area contributed by atoms with Gasteiger partial charge in [0.2, 0.25) is 0 Å². The van der Waals surface area contributed by atoms with E-state index < -0.39 is 23.6 Å². The second-order valence-corrected chi connectivity index (χ2v) is 6.83. The molecule has 1 saturated carbocycles. The standard InChI is InChI=1S/C18H24F4N2/c19-15-8-4-7-14(18(20,21)22)16(15)17(13-5-2-1-3-6-13)24-11-9-23-10-12-24/h4,7-8,13,17,23H,1-3,5-6,9-12H2/t17-/m0/s1. The molecular weight excluding hydrogens is 320 g/mol. The lowest BCUT2D eigenvalue weighted by Crippen LogP contribution is -2.47. The summed E-state index contributed by atoms with van der Waals surface area (Å²) in [7, 11) is 0. The highest BCUT2D eigenvalue weighted by atomic mass is 19.4. The van der Waals surface area contributed by atoms with Crippen molar-refractivity contribution >= 4 is 0 Å². The van der Waals surface area contributed by atoms with E-state index in [9.17, 15) is 17.6 Å². The van der Waals surface area contributed by atoms with E-state index in [1.807, 2.05) is 0 Å². The van der Waals surface area contributed by atoms with Crippen molar-refractivity contribution in [3.05, 3.63) is 35.1 Å². The number of rotatable bonds is 3. The number of hydrogen-bond donors (Lipinski definition) is 1. The molecule has 1 atom stereocenters. The van der Waals surface area contributed by atoms with E-state index in [-0.39, 0.29) is 11.5 Å². The van der Waals surface area contributed by atoms with Gasteiger partial charge in [-0.05, 0) is 30.9 Å². The van der Waals surface area contributed by atoms with Gasteiger partial charge < -0.3 is 5.32 Å². The first-order valence-corrected chi connectivity index (χ1v) is 8.79. The number of nitrogens with one attached hydrogen (secondary N) is 1. The monoisotopic (exact) mass is 344 g/mol. The lowest BCUT2D eigenvalue weighted by Gasteiger charge is -2.42. The van der Waals surface area contributed by atoms with Crippen LogP contribution in [0.15, 0.2) is 18.2 Å². The summed E-state index contributed by atoms with van der Waals surface area (Å²) >= 11 is 0. The van der Waals surface area contributed by atoms with Crippen LogP contribution in [-0.4, -0.2) is 31.1 Å². The number of benzene rings is 1. The van der Waals surface area contributed by atoms with E-state index >= 15 is 0 Å². The Labute approximate surface area is 140 Å². The smallest absolute Gasteiger partial charge is 0.314 e. The highest BCUT2D eigenvalue weighted by Gasteiger charge is 2.41. The first-order valence-electron chi connectivity index (χ1n) is 8.79. The highest BCUT2D eigenvalue weighted by molar-refractivity contribution is 5.34. The zero-order valence-electron chi connectivity index (χ0n) is 13.7. The van der Waals surface area contributed by atoms with Crippen LogP contribution >= 0.6 is 0 Å². The van der Waals surface area contributed by atoms with Crippen LogP contribution in [0.25, 0.3) is 0 Å². The Bertz CT molecular complexity index is 528. The average Bonchev–Trinajstić information content (AvgIpc) is 2.57. The van der Waals surface area contributed by atoms with E-state index in [2.05, 4.69) is 10.2 Å². The molecule has 3 rings (SSSR count). The summed E-state index contributed by atoms with van der Waals surface area (Å²) < 4.78 is 55.2. The van der Waals surface area contributed by atoms with Gasteiger partial charge in [-0.25, -0.2) is 4.39 Å². The number of piperazine rings is 1. The Kier molecular flexibility index (Phi) is 5.45. The lowest BCUT2D eigenvalue weighted by atomic mass is 9.78. The molecule has 1 aromatic rings. The van der Waals surface area contributed by atoms with Gasteiger partial charge in [-0.3, -0.25) is 4.90 Å². The SMILES string of the molecule is Fc1cccc(C(F)(F)F)c1[C@H](C1CCCCC1)N1CCNCC1. The third kappa shape index (κ3) is 3.75. The molecular formula is C18H24F4N2. The minimum Gasteiger partial charge on any atom is -0.314 e. The van der Waals surface area contributed by atoms with Crippen molar-refractivity contribution in [2.75, 3.05) is 26.2 Å². The van der Waals surface area contributed by atoms with Gasteiger partial charge >= 0.3 is 6.18 Å². The summed E-state index contributed by atoms with van der Waals surface area (Å²) in [6.07, 6.45) is 0.374. The molecule has 0 amide bonds. The van der Waals surface area contributed by atoms with Crippen LogP contribution in [0.4, 0.5) is 17.6 Å². The molecule has 2 fully saturated rings. The van der Waals surface area contributed by atoms with Crippen LogP contribution in [0, 0.1) is 11.7 Å². The average molecular weight is 344 g/mol. The second kappa shape index (κ2) is 7.40. The number of alkyl halides is 3. The number of hydrogen-bond acceptors (Lipinski definition) is 2. The second-order valence-electron chi connectivity index (χ2n) is 6.83. The van der Waals surface area contributed by atoms with Gasteiger partial charge in [0.15, 0.2) is 0 Å². The minimum atomic E-state index is -4.53. The van der Waals surface area contributed by atoms with E-state index in [0.717, 1.165) is 57.3 Å². The predicted molar refractivity (Wildman–Crippen MR) is 85.2 cm³/mol. The van der Waals surface area contributed by atoms with E-state index in [1.54, 1.807) is 0 Å². The Morgan fingerprint density at radius 2 is 1.71 bits per heavy atom. The van der Waals surface area contributed by atoms with Gasteiger partial charge in [-0.2, -0.15) is 13.2 Å². The Hall–Kier alpha value is -1.14. The van der Waals surface area contributed by atoms with Crippen LogP contribution in [0.3, 0.4) is 0 Å². The normalized spacial score (nSPS) is 22.5. The largest absolute Gasteiger partial charge is 0.416 e. The fourth-order valence-corrected chi connectivity index (χ4v) is 4.21. The lowest BCUT2D eigenvalue weighted by molar-refractivity contribution is -0.139. The molecule has 1 saturated heterocycles. The maximum atomic E-state index is 14.6. The van der Waals surface area contributed by atoms with Gasteiger partial charge in [0.05, 0.1) is 5.56 Å². The third-order valence-electron chi connectivity index (χ3n) is 5.30. The maximum Gasteiger partial charge on any atom is 0.416 e. The maximum absolute atomic E-state index is 14.6. The molecule has 6 heteroatoms. The predicted octanol–water partition coefficient (Wildman–Crippen LogP) is 4.37. The van der Waals surface area contributed by atoms with E-state index in [0.29, 0.717) is 13.1 Å². The highest BCUT2D eigenvalue weighted by Crippen LogP contribution is 2.44. The number of nitrogens with zero attached hydrogens (tertiary/aromatic N) is 1. The molecule has 1 aliphatic carbocycles. The fourth-order valence-electron chi connectivity index (χ4n) is 4.21. The molecule has 1 aliphatic heterocycles. The van der Waals surface area contributed by atoms with Gasteiger partial charge in [-0.15, -0.1) is 0 Å². The summed E-state index contributed by atoms with van der Waals surface area (Å²) in [5, 5.41) is 3.23. The summed E-state index contributed by atoms with van der Waals surface area (Å²) in [6, 6.07) is 2.88. The fraction of sp³-hybridized carbons (Fsp3) is 0.667. The van der Waals surface area contributed by atoms with Gasteiger partial charge in [0.25, 0.3) is 0 Å². The van der Waals surface area contributed by atoms with Crippen LogP contribution in [0.2, 0.25) is 0 Å². The minimum absolute atomic E-state index is 0.0925. The molecule has 1 N–H and O–H groups in total. The first kappa shape index (κ1) is 17.7. The van der Waals surface area contributed by atoms with Crippen molar-refractivity contribution < 1.29 is 17.6 Å². The summed E-state index contributed by atoms with van der Waals surface area (Å²) in [5.41, 5.74) is -0.949. The van der Waals surface area contributed by atoms with Gasteiger partial charge in [-0.1, -0.05) is 25.3 Å². The van der Waals surface area contributed by atoms with Crippen LogP contribution in [0.5, 0.6) is 0 Å². The van der Waals surface area contributed by atoms with Crippen molar-refractivity contribution in [2.24, 2.45) is 5.92 Å². The van der Waals surface area contributed by atoms with Crippen LogP contribution < -0.4 is 5.32 Å². The Morgan fingerprint density at radius 3 is 2.33 bits per heavy atom. The molecule has 0 radical (unpaired) electrons. The molecule has 1 aromatic carbocycles. The molecule has 1 heterocycles. The molecule has 0 bridgehead atoms. The molecule has 0 unspecified atom stereocenters. The van der Waals surface area contributed by atoms with E-state index in [1.165, 1.54) is 6.07 Å². The zero-order valence-corrected chi connectivity index (χ0v) is 13.7. The van der Waals surface area contributed by atoms with Crippen LogP contribution in [-0.2, 0) is 6.18 Å². The first-order chi connectivity index (χ1) is 11.5. The summed E-state index contributed by atoms with van der Waals surface area (Å²) in [5.74, 6) is -0.631. The molecule has 134 valence electrons. The van der Waals surface area contributed by atoms with Crippen molar-refractivity contribution in [3.8, 4) is 0 Å². The molecule has 0 spiro atoms. The molecule has 24 heavy (non-hydrogen) atoms. The van der Waals surface area contributed by atoms with Gasteiger partial charge in [0, 0.05) is 37.8 Å². The van der Waals surface area contributed by atoms with Crippen molar-refractivity contribution in [1.82, 2.24) is 10.2 Å². The molecule has 2 nitrogen and oxygen atoms in total. The molecule has 2 aliphatic rings. The van der Waals surface area contributed by atoms with E-state index in [4.69, 9.17) is 0 Å². The zero-order chi connectivity index (χ0) is 17.2. The summed E-state index contributed by atoms with van der Waals surface area (Å²) in [6.45, 7) is 2.79. The quantitative estimate of drug-likeness (QED) is 0.819. The van der Waals surface area contributed by atoms with Crippen molar-refractivity contribution in [1.29, 1.82) is 0 Å². The Morgan fingerprint density at radius 1 is 1.04 bits per heavy atom. The van der Waals surface area contributed by atoms with Crippen molar-refractivity contribution in [3.63, 3.8) is 0 Å². The number of halogens is 4. The van der Waals surface area contributed by atoms with Crippen LogP contribution in [0.1, 0.15) is 49.3 Å². The topological polar surface area (TPSA) is 15.3 Å². The Balaban J connectivity index is 2.04.